The van der Waals surface area contributed by atoms with Crippen molar-refractivity contribution in [1.82, 2.24) is 0 Å². The van der Waals surface area contributed by atoms with Crippen LogP contribution >= 0.6 is 0 Å². The molecule has 11 rings (SSSR count). The lowest BCUT2D eigenvalue weighted by molar-refractivity contribution is 1.80. The summed E-state index contributed by atoms with van der Waals surface area (Å²) < 4.78 is 0. The fourth-order valence-electron chi connectivity index (χ4n) is 8.19. The fourth-order valence-corrected chi connectivity index (χ4v) is 8.19. The molecule has 38 heavy (non-hydrogen) atoms. The van der Waals surface area contributed by atoms with Crippen molar-refractivity contribution in [3.05, 3.63) is 109 Å². The molecule has 0 saturated heterocycles. The molecule has 170 valence electrons. The summed E-state index contributed by atoms with van der Waals surface area (Å²) >= 11 is 0. The zero-order chi connectivity index (χ0) is 24.3. The van der Waals surface area contributed by atoms with Gasteiger partial charge >= 0.3 is 0 Å². The topological polar surface area (TPSA) is 0 Å². The number of hydrogen-bond donors (Lipinski definition) is 0. The van der Waals surface area contributed by atoms with Gasteiger partial charge in [-0.3, -0.25) is 0 Å². The Bertz CT molecular complexity index is 2560. The van der Waals surface area contributed by atoms with Crippen LogP contribution in [0.5, 0.6) is 0 Å². The van der Waals surface area contributed by atoms with Crippen LogP contribution in [0.2, 0.25) is 0 Å². The third kappa shape index (κ3) is 1.79. The van der Waals surface area contributed by atoms with E-state index in [1.807, 2.05) is 0 Å². The van der Waals surface area contributed by atoms with Crippen LogP contribution in [0.4, 0.5) is 0 Å². The maximum Gasteiger partial charge on any atom is -0.000696 e. The molecule has 0 aliphatic rings. The first-order valence-corrected chi connectivity index (χ1v) is 13.5. The Hall–Kier alpha value is -4.94. The SMILES string of the molecule is c1cc2ccc3ccc4ccc5c6ccc7ccc8ccc9cccc%10c9c8c7c6c%10c6c(c1)c2c3c4c56. The lowest BCUT2D eigenvalue weighted by atomic mass is 9.79. The number of fused-ring (bicyclic) bond motifs is 4. The first kappa shape index (κ1) is 18.3. The lowest BCUT2D eigenvalue weighted by Gasteiger charge is -2.24. The van der Waals surface area contributed by atoms with Crippen molar-refractivity contribution < 1.29 is 0 Å². The van der Waals surface area contributed by atoms with Gasteiger partial charge in [0.05, 0.1) is 0 Å². The van der Waals surface area contributed by atoms with Crippen LogP contribution in [0.15, 0.2) is 109 Å². The van der Waals surface area contributed by atoms with Gasteiger partial charge in [-0.05, 0) is 108 Å². The van der Waals surface area contributed by atoms with Crippen molar-refractivity contribution in [3.63, 3.8) is 0 Å². The molecule has 0 radical (unpaired) electrons. The zero-order valence-electron chi connectivity index (χ0n) is 20.4. The second-order valence-electron chi connectivity index (χ2n) is 11.2. The van der Waals surface area contributed by atoms with Crippen molar-refractivity contribution >= 4 is 108 Å². The summed E-state index contributed by atoms with van der Waals surface area (Å²) in [5.41, 5.74) is 0. The largest absolute Gasteiger partial charge is 0.0610 e. The Balaban J connectivity index is 1.67. The molecule has 0 aliphatic heterocycles. The summed E-state index contributed by atoms with van der Waals surface area (Å²) in [6.45, 7) is 0. The highest BCUT2D eigenvalue weighted by Crippen LogP contribution is 2.53. The predicted octanol–water partition coefficient (Wildman–Crippen LogP) is 11.0. The average Bonchev–Trinajstić information content (AvgIpc) is 2.98. The van der Waals surface area contributed by atoms with Crippen molar-refractivity contribution in [3.8, 4) is 0 Å². The zero-order valence-corrected chi connectivity index (χ0v) is 20.4. The maximum absolute atomic E-state index is 2.38. The summed E-state index contributed by atoms with van der Waals surface area (Å²) in [4.78, 5) is 0. The molecule has 0 heteroatoms. The van der Waals surface area contributed by atoms with E-state index in [-0.39, 0.29) is 0 Å². The smallest absolute Gasteiger partial charge is 0.000696 e. The molecule has 11 aromatic carbocycles. The molecule has 0 amide bonds. The van der Waals surface area contributed by atoms with E-state index in [0.29, 0.717) is 0 Å². The van der Waals surface area contributed by atoms with Crippen LogP contribution in [0, 0.1) is 0 Å². The third-order valence-electron chi connectivity index (χ3n) is 9.59. The molecule has 0 saturated carbocycles. The van der Waals surface area contributed by atoms with E-state index in [4.69, 9.17) is 0 Å². The first-order valence-electron chi connectivity index (χ1n) is 13.5. The summed E-state index contributed by atoms with van der Waals surface area (Å²) in [5.74, 6) is 0. The summed E-state index contributed by atoms with van der Waals surface area (Å²) in [5, 5.41) is 27.6. The molecule has 0 atom stereocenters. The highest BCUT2D eigenvalue weighted by Gasteiger charge is 2.24. The van der Waals surface area contributed by atoms with Gasteiger partial charge in [-0.25, -0.2) is 0 Å². The van der Waals surface area contributed by atoms with Gasteiger partial charge in [-0.15, -0.1) is 0 Å². The van der Waals surface area contributed by atoms with E-state index in [2.05, 4.69) is 109 Å². The molecule has 0 aromatic heterocycles. The van der Waals surface area contributed by atoms with Gasteiger partial charge in [0, 0.05) is 0 Å². The van der Waals surface area contributed by atoms with Crippen molar-refractivity contribution in [1.29, 1.82) is 0 Å². The van der Waals surface area contributed by atoms with E-state index >= 15 is 0 Å². The van der Waals surface area contributed by atoms with Crippen LogP contribution < -0.4 is 0 Å². The van der Waals surface area contributed by atoms with Crippen molar-refractivity contribution in [2.24, 2.45) is 0 Å². The van der Waals surface area contributed by atoms with Gasteiger partial charge in [0.2, 0.25) is 0 Å². The number of benzene rings is 11. The van der Waals surface area contributed by atoms with E-state index < -0.39 is 0 Å². The molecule has 0 nitrogen and oxygen atoms in total. The van der Waals surface area contributed by atoms with Crippen molar-refractivity contribution in [2.75, 3.05) is 0 Å². The molecule has 0 bridgehead atoms. The first-order chi connectivity index (χ1) is 18.9. The third-order valence-corrected chi connectivity index (χ3v) is 9.59. The Morgan fingerprint density at radius 3 is 0.868 bits per heavy atom. The highest BCUT2D eigenvalue weighted by atomic mass is 14.3. The van der Waals surface area contributed by atoms with E-state index in [9.17, 15) is 0 Å². The fraction of sp³-hybridized carbons (Fsp3) is 0. The quantitative estimate of drug-likeness (QED) is 0.151. The van der Waals surface area contributed by atoms with E-state index in [1.54, 1.807) is 0 Å². The standard InChI is InChI=1S/C38H18/c1-3-19-7-9-21-11-13-23-15-17-25-26-18-16-24-14-12-22-10-8-20-4-2-6-28-30(20)32(22)34(24)36(26)38(28)37-27(5-1)29(19)31(21)33(23)35(25)37/h1-18H. The molecule has 0 spiro atoms. The second-order valence-corrected chi connectivity index (χ2v) is 11.2. The van der Waals surface area contributed by atoms with E-state index in [1.165, 1.54) is 108 Å². The van der Waals surface area contributed by atoms with Crippen LogP contribution in [0.25, 0.3) is 108 Å². The molecule has 0 N–H and O–H groups in total. The van der Waals surface area contributed by atoms with Crippen LogP contribution in [-0.4, -0.2) is 0 Å². The summed E-state index contributed by atoms with van der Waals surface area (Å²) in [6.07, 6.45) is 0. The Morgan fingerprint density at radius 2 is 0.474 bits per heavy atom. The summed E-state index contributed by atoms with van der Waals surface area (Å²) in [6, 6.07) is 41.7. The number of hydrogen-bond acceptors (Lipinski definition) is 0. The van der Waals surface area contributed by atoms with Crippen LogP contribution in [0.1, 0.15) is 0 Å². The minimum Gasteiger partial charge on any atom is -0.0610 e. The van der Waals surface area contributed by atoms with Gasteiger partial charge in [-0.1, -0.05) is 109 Å². The van der Waals surface area contributed by atoms with E-state index in [0.717, 1.165) is 0 Å². The Morgan fingerprint density at radius 1 is 0.184 bits per heavy atom. The average molecular weight is 475 g/mol. The van der Waals surface area contributed by atoms with Crippen LogP contribution in [0.3, 0.4) is 0 Å². The van der Waals surface area contributed by atoms with Gasteiger partial charge in [0.1, 0.15) is 0 Å². The van der Waals surface area contributed by atoms with Crippen LogP contribution in [-0.2, 0) is 0 Å². The molecule has 0 unspecified atom stereocenters. The van der Waals surface area contributed by atoms with Gasteiger partial charge in [-0.2, -0.15) is 0 Å². The monoisotopic (exact) mass is 474 g/mol. The minimum atomic E-state index is 1.33. The molecule has 11 aromatic rings. The predicted molar refractivity (Wildman–Crippen MR) is 166 cm³/mol. The van der Waals surface area contributed by atoms with Gasteiger partial charge in [0.25, 0.3) is 0 Å². The second kappa shape index (κ2) is 5.79. The molecular formula is C38H18. The summed E-state index contributed by atoms with van der Waals surface area (Å²) in [7, 11) is 0. The minimum absolute atomic E-state index is 1.33. The molecule has 0 fully saturated rings. The highest BCUT2D eigenvalue weighted by molar-refractivity contribution is 6.52. The molecule has 0 heterocycles. The number of rotatable bonds is 0. The molecular weight excluding hydrogens is 456 g/mol. The van der Waals surface area contributed by atoms with Crippen molar-refractivity contribution in [2.45, 2.75) is 0 Å². The molecule has 0 aliphatic carbocycles. The Labute approximate surface area is 216 Å². The normalized spacial score (nSPS) is 13.3. The maximum atomic E-state index is 2.38. The lowest BCUT2D eigenvalue weighted by Crippen LogP contribution is -1.95. The van der Waals surface area contributed by atoms with Gasteiger partial charge < -0.3 is 0 Å². The Kier molecular flexibility index (Phi) is 2.79. The van der Waals surface area contributed by atoms with Gasteiger partial charge in [0.15, 0.2) is 0 Å².